The predicted molar refractivity (Wildman–Crippen MR) is 57.9 cm³/mol. The molecule has 90 valence electrons. The summed E-state index contributed by atoms with van der Waals surface area (Å²) in [7, 11) is 1.42. The highest BCUT2D eigenvalue weighted by molar-refractivity contribution is 7.82. The van der Waals surface area contributed by atoms with Gasteiger partial charge in [-0.1, -0.05) is 0 Å². The van der Waals surface area contributed by atoms with Crippen molar-refractivity contribution in [2.45, 2.75) is 5.03 Å². The average molecular weight is 246 g/mol. The number of aromatic nitrogens is 2. The van der Waals surface area contributed by atoms with Gasteiger partial charge in [-0.2, -0.15) is 5.10 Å². The molecule has 0 radical (unpaired) electrons. The number of hydrogen-bond donors (Lipinski definition) is 2. The van der Waals surface area contributed by atoms with E-state index in [2.05, 4.69) is 5.10 Å². The molecule has 0 saturated carbocycles. The molecule has 0 bridgehead atoms. The zero-order valence-electron chi connectivity index (χ0n) is 9.08. The van der Waals surface area contributed by atoms with Crippen molar-refractivity contribution in [3.63, 3.8) is 0 Å². The molecule has 3 N–H and O–H groups in total. The van der Waals surface area contributed by atoms with E-state index in [1.807, 2.05) is 0 Å². The van der Waals surface area contributed by atoms with Gasteiger partial charge in [-0.05, 0) is 0 Å². The van der Waals surface area contributed by atoms with Crippen LogP contribution in [0.2, 0.25) is 0 Å². The summed E-state index contributed by atoms with van der Waals surface area (Å²) in [5.74, 6) is -0.305. The summed E-state index contributed by atoms with van der Waals surface area (Å²) in [6.07, 6.45) is 0. The van der Waals surface area contributed by atoms with Gasteiger partial charge in [0.25, 0.3) is 5.91 Å². The predicted octanol–water partition coefficient (Wildman–Crippen LogP) is -1.53. The number of nitrogens with two attached hydrogens (primary N) is 1. The largest absolute Gasteiger partial charge is 0.395 e. The Morgan fingerprint density at radius 3 is 2.81 bits per heavy atom. The van der Waals surface area contributed by atoms with E-state index in [1.165, 1.54) is 15.6 Å². The number of carbonyl (C=O) groups excluding carboxylic acids is 1. The molecule has 1 aromatic heterocycles. The van der Waals surface area contributed by atoms with Crippen LogP contribution in [0.5, 0.6) is 0 Å². The molecule has 1 rings (SSSR count). The molecule has 0 saturated heterocycles. The molecule has 1 amide bonds. The Kier molecular flexibility index (Phi) is 4.16. The number of carbonyl (C=O) groups is 1. The lowest BCUT2D eigenvalue weighted by molar-refractivity contribution is 0.0756. The first-order valence-electron chi connectivity index (χ1n) is 4.54. The molecular weight excluding hydrogens is 232 g/mol. The Morgan fingerprint density at radius 2 is 2.38 bits per heavy atom. The molecule has 1 unspecified atom stereocenters. The molecule has 0 fully saturated rings. The normalized spacial score (nSPS) is 12.5. The Balaban J connectivity index is 2.95. The number of aryl methyl sites for hydroxylation is 1. The molecule has 0 aromatic carbocycles. The molecule has 0 aliphatic rings. The van der Waals surface area contributed by atoms with Crippen LogP contribution in [0.1, 0.15) is 10.5 Å². The molecule has 7 nitrogen and oxygen atoms in total. The van der Waals surface area contributed by atoms with E-state index < -0.39 is 11.0 Å². The van der Waals surface area contributed by atoms with Crippen molar-refractivity contribution in [2.24, 2.45) is 12.2 Å². The second-order valence-corrected chi connectivity index (χ2v) is 4.25. The molecule has 0 aliphatic carbocycles. The third-order valence-corrected chi connectivity index (χ3v) is 2.68. The number of aliphatic hydroxyl groups excluding tert-OH is 1. The lowest BCUT2D eigenvalue weighted by Gasteiger charge is -2.14. The minimum absolute atomic E-state index is 0.115. The quantitative estimate of drug-likeness (QED) is 0.672. The molecule has 16 heavy (non-hydrogen) atoms. The highest BCUT2D eigenvalue weighted by Crippen LogP contribution is 2.07. The Hall–Kier alpha value is -1.25. The maximum absolute atomic E-state index is 11.8. The topological polar surface area (TPSA) is 101 Å². The molecule has 8 heteroatoms. The monoisotopic (exact) mass is 246 g/mol. The van der Waals surface area contributed by atoms with Crippen molar-refractivity contribution >= 4 is 16.9 Å². The summed E-state index contributed by atoms with van der Waals surface area (Å²) >= 11 is 0. The van der Waals surface area contributed by atoms with Gasteiger partial charge < -0.3 is 10.0 Å². The van der Waals surface area contributed by atoms with Gasteiger partial charge in [0.05, 0.1) is 6.61 Å². The van der Waals surface area contributed by atoms with Gasteiger partial charge in [0.1, 0.15) is 16.7 Å². The molecule has 0 spiro atoms. The van der Waals surface area contributed by atoms with Gasteiger partial charge in [0.15, 0.2) is 5.03 Å². The van der Waals surface area contributed by atoms with Crippen LogP contribution >= 0.6 is 0 Å². The van der Waals surface area contributed by atoms with Gasteiger partial charge in [0.2, 0.25) is 0 Å². The van der Waals surface area contributed by atoms with Gasteiger partial charge >= 0.3 is 0 Å². The number of hydrogen-bond acceptors (Lipinski definition) is 4. The fourth-order valence-electron chi connectivity index (χ4n) is 1.19. The van der Waals surface area contributed by atoms with Crippen molar-refractivity contribution in [3.8, 4) is 0 Å². The third kappa shape index (κ3) is 2.65. The van der Waals surface area contributed by atoms with Gasteiger partial charge in [0, 0.05) is 26.7 Å². The summed E-state index contributed by atoms with van der Waals surface area (Å²) < 4.78 is 12.3. The van der Waals surface area contributed by atoms with Gasteiger partial charge in [-0.15, -0.1) is 0 Å². The first-order chi connectivity index (χ1) is 7.47. The molecule has 0 aliphatic heterocycles. The van der Waals surface area contributed by atoms with E-state index in [9.17, 15) is 9.00 Å². The molecule has 1 aromatic rings. The number of amides is 1. The van der Waals surface area contributed by atoms with Crippen LogP contribution in [0.4, 0.5) is 0 Å². The fraction of sp³-hybridized carbons (Fsp3) is 0.500. The maximum atomic E-state index is 11.8. The van der Waals surface area contributed by atoms with Crippen molar-refractivity contribution in [2.75, 3.05) is 20.2 Å². The molecular formula is C8H14N4O3S. The SMILES string of the molecule is CN(CCO)C(=O)c1cc(S(N)=O)nn1C. The van der Waals surface area contributed by atoms with E-state index in [1.54, 1.807) is 14.1 Å². The highest BCUT2D eigenvalue weighted by Gasteiger charge is 2.18. The Morgan fingerprint density at radius 1 is 1.75 bits per heavy atom. The summed E-state index contributed by atoms with van der Waals surface area (Å²) in [6.45, 7) is 0.112. The third-order valence-electron chi connectivity index (χ3n) is 2.06. The van der Waals surface area contributed by atoms with Gasteiger partial charge in [-0.25, -0.2) is 9.35 Å². The van der Waals surface area contributed by atoms with Crippen molar-refractivity contribution in [1.82, 2.24) is 14.7 Å². The van der Waals surface area contributed by atoms with Crippen LogP contribution in [0, 0.1) is 0 Å². The number of nitrogens with zero attached hydrogens (tertiary/aromatic N) is 3. The summed E-state index contributed by atoms with van der Waals surface area (Å²) in [5.41, 5.74) is 0.282. The second-order valence-electron chi connectivity index (χ2n) is 3.24. The Labute approximate surface area is 95.4 Å². The second kappa shape index (κ2) is 5.19. The van der Waals surface area contributed by atoms with Crippen LogP contribution < -0.4 is 5.14 Å². The summed E-state index contributed by atoms with van der Waals surface area (Å²) in [6, 6.07) is 1.38. The van der Waals surface area contributed by atoms with Crippen LogP contribution in [0.25, 0.3) is 0 Å². The maximum Gasteiger partial charge on any atom is 0.271 e. The fourth-order valence-corrected chi connectivity index (χ4v) is 1.62. The van der Waals surface area contributed by atoms with E-state index in [4.69, 9.17) is 10.2 Å². The van der Waals surface area contributed by atoms with Crippen molar-refractivity contribution in [3.05, 3.63) is 11.8 Å². The summed E-state index contributed by atoms with van der Waals surface area (Å²) in [5, 5.41) is 17.9. The minimum Gasteiger partial charge on any atom is -0.395 e. The zero-order valence-corrected chi connectivity index (χ0v) is 9.90. The van der Waals surface area contributed by atoms with E-state index >= 15 is 0 Å². The van der Waals surface area contributed by atoms with E-state index in [0.717, 1.165) is 0 Å². The molecule has 1 atom stereocenters. The van der Waals surface area contributed by atoms with Crippen LogP contribution in [0.3, 0.4) is 0 Å². The van der Waals surface area contributed by atoms with Crippen LogP contribution in [-0.2, 0) is 18.0 Å². The average Bonchev–Trinajstić information content (AvgIpc) is 2.60. The van der Waals surface area contributed by atoms with E-state index in [0.29, 0.717) is 0 Å². The highest BCUT2D eigenvalue weighted by atomic mass is 32.2. The number of aliphatic hydroxyl groups is 1. The lowest BCUT2D eigenvalue weighted by Crippen LogP contribution is -2.30. The van der Waals surface area contributed by atoms with Crippen molar-refractivity contribution in [1.29, 1.82) is 0 Å². The standard InChI is InChI=1S/C8H14N4O3S/c1-11(3-4-13)8(14)6-5-7(16(9)15)10-12(6)2/h5,13H,3-4,9H2,1-2H3. The number of rotatable bonds is 4. The number of likely N-dealkylation sites (N-methyl/N-ethyl adjacent to an activating group) is 1. The Bertz CT molecular complexity index is 417. The summed E-state index contributed by atoms with van der Waals surface area (Å²) in [4.78, 5) is 13.2. The van der Waals surface area contributed by atoms with Gasteiger partial charge in [-0.3, -0.25) is 9.48 Å². The zero-order chi connectivity index (χ0) is 12.3. The smallest absolute Gasteiger partial charge is 0.271 e. The van der Waals surface area contributed by atoms with Crippen LogP contribution in [-0.4, -0.2) is 50.1 Å². The van der Waals surface area contributed by atoms with E-state index in [-0.39, 0.29) is 29.8 Å². The first kappa shape index (κ1) is 12.8. The van der Waals surface area contributed by atoms with Crippen molar-refractivity contribution < 1.29 is 14.1 Å². The van der Waals surface area contributed by atoms with Crippen LogP contribution in [0.15, 0.2) is 11.1 Å². The lowest BCUT2D eigenvalue weighted by atomic mass is 10.3. The minimum atomic E-state index is -1.70. The first-order valence-corrected chi connectivity index (χ1v) is 5.75. The molecule has 1 heterocycles.